The smallest absolute Gasteiger partial charge is 0.131 e. The zero-order valence-corrected chi connectivity index (χ0v) is 13.0. The molecule has 0 amide bonds. The Bertz CT molecular complexity index is 416. The highest BCUT2D eigenvalue weighted by atomic mass is 16.5. The zero-order chi connectivity index (χ0) is 14.4. The molecule has 1 atom stereocenters. The van der Waals surface area contributed by atoms with E-state index in [-0.39, 0.29) is 0 Å². The van der Waals surface area contributed by atoms with Crippen molar-refractivity contribution < 1.29 is 4.74 Å². The molecule has 2 rings (SSSR count). The molecule has 1 N–H and O–H groups in total. The van der Waals surface area contributed by atoms with Crippen molar-refractivity contribution in [3.8, 4) is 0 Å². The molecule has 1 aliphatic heterocycles. The minimum atomic E-state index is 0.368. The molecule has 0 radical (unpaired) electrons. The van der Waals surface area contributed by atoms with E-state index in [1.807, 2.05) is 6.20 Å². The number of nitrogens with zero attached hydrogens (tertiary/aromatic N) is 2. The number of hydrogen-bond donors (Lipinski definition) is 1. The fraction of sp³-hybridized carbons (Fsp3) is 0.688. The average Bonchev–Trinajstić information content (AvgIpc) is 2.92. The van der Waals surface area contributed by atoms with Crippen LogP contribution in [0.15, 0.2) is 12.3 Å². The fourth-order valence-electron chi connectivity index (χ4n) is 2.71. The summed E-state index contributed by atoms with van der Waals surface area (Å²) in [6.07, 6.45) is 5.87. The predicted octanol–water partition coefficient (Wildman–Crippen LogP) is 2.50. The normalized spacial score (nSPS) is 18.4. The Kier molecular flexibility index (Phi) is 5.80. The molecule has 1 fully saturated rings. The minimum Gasteiger partial charge on any atom is -0.376 e. The molecule has 1 aromatic heterocycles. The van der Waals surface area contributed by atoms with Crippen LogP contribution in [0, 0.1) is 6.92 Å². The van der Waals surface area contributed by atoms with Crippen LogP contribution in [-0.4, -0.2) is 37.8 Å². The topological polar surface area (TPSA) is 37.4 Å². The molecule has 112 valence electrons. The maximum Gasteiger partial charge on any atom is 0.131 e. The van der Waals surface area contributed by atoms with Gasteiger partial charge in [-0.1, -0.05) is 6.92 Å². The Morgan fingerprint density at radius 3 is 3.00 bits per heavy atom. The minimum absolute atomic E-state index is 0.368. The highest BCUT2D eigenvalue weighted by molar-refractivity contribution is 5.46. The van der Waals surface area contributed by atoms with Crippen molar-refractivity contribution in [2.24, 2.45) is 0 Å². The Labute approximate surface area is 122 Å². The molecule has 2 heterocycles. The maximum atomic E-state index is 5.69. The summed E-state index contributed by atoms with van der Waals surface area (Å²) in [5.41, 5.74) is 2.49. The van der Waals surface area contributed by atoms with E-state index in [0.29, 0.717) is 6.10 Å². The molecule has 0 spiro atoms. The lowest BCUT2D eigenvalue weighted by atomic mass is 10.2. The summed E-state index contributed by atoms with van der Waals surface area (Å²) >= 11 is 0. The first-order valence-corrected chi connectivity index (χ1v) is 7.69. The van der Waals surface area contributed by atoms with Crippen molar-refractivity contribution in [2.45, 2.75) is 45.8 Å². The Hall–Kier alpha value is -1.13. The number of aromatic nitrogens is 1. The second-order valence-electron chi connectivity index (χ2n) is 5.68. The number of aryl methyl sites for hydroxylation is 1. The Morgan fingerprint density at radius 1 is 1.50 bits per heavy atom. The van der Waals surface area contributed by atoms with Gasteiger partial charge in [0.1, 0.15) is 5.82 Å². The van der Waals surface area contributed by atoms with Crippen LogP contribution < -0.4 is 10.2 Å². The molecule has 1 aliphatic rings. The van der Waals surface area contributed by atoms with E-state index in [2.05, 4.69) is 42.2 Å². The van der Waals surface area contributed by atoms with Gasteiger partial charge in [-0.05, 0) is 49.9 Å². The molecule has 1 aromatic rings. The van der Waals surface area contributed by atoms with E-state index in [4.69, 9.17) is 4.74 Å². The van der Waals surface area contributed by atoms with Crippen LogP contribution in [0.3, 0.4) is 0 Å². The van der Waals surface area contributed by atoms with Crippen molar-refractivity contribution >= 4 is 5.82 Å². The lowest BCUT2D eigenvalue weighted by molar-refractivity contribution is 0.116. The number of nitrogens with one attached hydrogen (secondary N) is 1. The van der Waals surface area contributed by atoms with E-state index in [1.54, 1.807) is 0 Å². The van der Waals surface area contributed by atoms with Crippen molar-refractivity contribution in [1.82, 2.24) is 10.3 Å². The van der Waals surface area contributed by atoms with Gasteiger partial charge in [-0.3, -0.25) is 0 Å². The summed E-state index contributed by atoms with van der Waals surface area (Å²) in [5.74, 6) is 1.07. The number of ether oxygens (including phenoxy) is 1. The van der Waals surface area contributed by atoms with E-state index in [1.165, 1.54) is 24.0 Å². The summed E-state index contributed by atoms with van der Waals surface area (Å²) in [4.78, 5) is 6.85. The highest BCUT2D eigenvalue weighted by Gasteiger charge is 2.18. The van der Waals surface area contributed by atoms with Gasteiger partial charge in [0, 0.05) is 32.9 Å². The van der Waals surface area contributed by atoms with E-state index in [0.717, 1.165) is 38.5 Å². The summed E-state index contributed by atoms with van der Waals surface area (Å²) < 4.78 is 5.69. The van der Waals surface area contributed by atoms with Gasteiger partial charge in [0.25, 0.3) is 0 Å². The monoisotopic (exact) mass is 277 g/mol. The third-order valence-electron chi connectivity index (χ3n) is 3.73. The van der Waals surface area contributed by atoms with Crippen molar-refractivity contribution in [3.05, 3.63) is 23.4 Å². The van der Waals surface area contributed by atoms with Crippen LogP contribution in [0.1, 0.15) is 37.3 Å². The van der Waals surface area contributed by atoms with Crippen LogP contribution >= 0.6 is 0 Å². The van der Waals surface area contributed by atoms with Gasteiger partial charge in [-0.25, -0.2) is 4.98 Å². The number of pyridine rings is 1. The number of likely N-dealkylation sites (N-methyl/N-ethyl adjacent to an activating group) is 1. The van der Waals surface area contributed by atoms with Crippen molar-refractivity contribution in [1.29, 1.82) is 0 Å². The summed E-state index contributed by atoms with van der Waals surface area (Å²) in [7, 11) is 2.10. The number of rotatable bonds is 7. The average molecular weight is 277 g/mol. The van der Waals surface area contributed by atoms with Crippen LogP contribution in [0.5, 0.6) is 0 Å². The van der Waals surface area contributed by atoms with Crippen LogP contribution in [0.25, 0.3) is 0 Å². The molecule has 1 saturated heterocycles. The second kappa shape index (κ2) is 7.60. The van der Waals surface area contributed by atoms with Gasteiger partial charge in [0.05, 0.1) is 6.10 Å². The predicted molar refractivity (Wildman–Crippen MR) is 83.2 cm³/mol. The standard InChI is InChI=1S/C16H27N3O/c1-4-7-17-10-14-9-13(2)16(18-11-14)19(3)12-15-6-5-8-20-15/h9,11,15,17H,4-8,10,12H2,1-3H3. The van der Waals surface area contributed by atoms with Crippen LogP contribution in [0.4, 0.5) is 5.82 Å². The maximum absolute atomic E-state index is 5.69. The molecule has 0 aromatic carbocycles. The molecule has 0 saturated carbocycles. The first kappa shape index (κ1) is 15.3. The van der Waals surface area contributed by atoms with Crippen molar-refractivity contribution in [2.75, 3.05) is 31.6 Å². The van der Waals surface area contributed by atoms with Gasteiger partial charge in [-0.15, -0.1) is 0 Å². The Balaban J connectivity index is 1.93. The molecule has 1 unspecified atom stereocenters. The lowest BCUT2D eigenvalue weighted by Gasteiger charge is -2.23. The van der Waals surface area contributed by atoms with Crippen molar-refractivity contribution in [3.63, 3.8) is 0 Å². The van der Waals surface area contributed by atoms with Gasteiger partial charge in [-0.2, -0.15) is 0 Å². The SMILES string of the molecule is CCCNCc1cnc(N(C)CC2CCCO2)c(C)c1. The van der Waals surface area contributed by atoms with E-state index < -0.39 is 0 Å². The second-order valence-corrected chi connectivity index (χ2v) is 5.68. The number of hydrogen-bond acceptors (Lipinski definition) is 4. The van der Waals surface area contributed by atoms with E-state index >= 15 is 0 Å². The summed E-state index contributed by atoms with van der Waals surface area (Å²) in [5, 5.41) is 3.41. The van der Waals surface area contributed by atoms with Gasteiger partial charge < -0.3 is 15.0 Å². The van der Waals surface area contributed by atoms with Crippen LogP contribution in [-0.2, 0) is 11.3 Å². The molecule has 4 nitrogen and oxygen atoms in total. The van der Waals surface area contributed by atoms with Crippen LogP contribution in [0.2, 0.25) is 0 Å². The number of anilines is 1. The van der Waals surface area contributed by atoms with Gasteiger partial charge in [0.15, 0.2) is 0 Å². The first-order chi connectivity index (χ1) is 9.70. The summed E-state index contributed by atoms with van der Waals surface area (Å²) in [6, 6.07) is 2.23. The largest absolute Gasteiger partial charge is 0.376 e. The molecular formula is C16H27N3O. The quantitative estimate of drug-likeness (QED) is 0.777. The molecular weight excluding hydrogens is 250 g/mol. The lowest BCUT2D eigenvalue weighted by Crippen LogP contribution is -2.29. The molecule has 0 aliphatic carbocycles. The summed E-state index contributed by atoms with van der Waals surface area (Å²) in [6.45, 7) is 8.11. The molecule has 4 heteroatoms. The third kappa shape index (κ3) is 4.18. The molecule has 0 bridgehead atoms. The third-order valence-corrected chi connectivity index (χ3v) is 3.73. The fourth-order valence-corrected chi connectivity index (χ4v) is 2.71. The van der Waals surface area contributed by atoms with Gasteiger partial charge in [0.2, 0.25) is 0 Å². The zero-order valence-electron chi connectivity index (χ0n) is 13.0. The van der Waals surface area contributed by atoms with Gasteiger partial charge >= 0.3 is 0 Å². The molecule has 20 heavy (non-hydrogen) atoms. The first-order valence-electron chi connectivity index (χ1n) is 7.69. The Morgan fingerprint density at radius 2 is 2.35 bits per heavy atom. The highest BCUT2D eigenvalue weighted by Crippen LogP contribution is 2.20. The van der Waals surface area contributed by atoms with E-state index in [9.17, 15) is 0 Å².